The standard InChI is InChI=1S/C11H7Br2N3O2/c12-6-1-2-8(7(13)3-6)16-10-5-14-9(4-15-10)11(17)18/h1-5H,(H,15,16)(H,17,18). The number of aromatic nitrogens is 2. The Bertz CT molecular complexity index is 587. The van der Waals surface area contributed by atoms with Gasteiger partial charge in [0, 0.05) is 8.95 Å². The molecule has 0 saturated carbocycles. The molecule has 2 N–H and O–H groups in total. The first-order valence-corrected chi connectivity index (χ1v) is 6.42. The van der Waals surface area contributed by atoms with E-state index in [0.717, 1.165) is 14.6 Å². The number of aromatic carboxylic acids is 1. The van der Waals surface area contributed by atoms with Crippen LogP contribution in [0.25, 0.3) is 0 Å². The van der Waals surface area contributed by atoms with Gasteiger partial charge in [0.1, 0.15) is 5.82 Å². The SMILES string of the molecule is O=C(O)c1cnc(Nc2ccc(Br)cc2Br)cn1. The first kappa shape index (κ1) is 13.0. The van der Waals surface area contributed by atoms with Gasteiger partial charge in [0.15, 0.2) is 5.69 Å². The molecule has 5 nitrogen and oxygen atoms in total. The van der Waals surface area contributed by atoms with Crippen molar-refractivity contribution in [3.8, 4) is 0 Å². The maximum atomic E-state index is 10.6. The lowest BCUT2D eigenvalue weighted by molar-refractivity contribution is 0.0690. The molecule has 0 aliphatic heterocycles. The second kappa shape index (κ2) is 5.45. The number of hydrogen-bond acceptors (Lipinski definition) is 4. The summed E-state index contributed by atoms with van der Waals surface area (Å²) in [6.45, 7) is 0. The zero-order chi connectivity index (χ0) is 13.1. The highest BCUT2D eigenvalue weighted by molar-refractivity contribution is 9.11. The Morgan fingerprint density at radius 1 is 1.22 bits per heavy atom. The van der Waals surface area contributed by atoms with Gasteiger partial charge in [-0.25, -0.2) is 14.8 Å². The molecule has 0 spiro atoms. The molecule has 92 valence electrons. The van der Waals surface area contributed by atoms with E-state index in [1.165, 1.54) is 12.4 Å². The first-order chi connectivity index (χ1) is 8.56. The molecule has 0 radical (unpaired) electrons. The van der Waals surface area contributed by atoms with Crippen LogP contribution in [-0.4, -0.2) is 21.0 Å². The molecular weight excluding hydrogens is 366 g/mol. The summed E-state index contributed by atoms with van der Waals surface area (Å²) in [4.78, 5) is 18.4. The van der Waals surface area contributed by atoms with Crippen molar-refractivity contribution in [2.75, 3.05) is 5.32 Å². The van der Waals surface area contributed by atoms with Gasteiger partial charge < -0.3 is 10.4 Å². The second-order valence-electron chi connectivity index (χ2n) is 3.34. The summed E-state index contributed by atoms with van der Waals surface area (Å²) in [5.41, 5.74) is 0.728. The molecule has 0 amide bonds. The summed E-state index contributed by atoms with van der Waals surface area (Å²) in [6, 6.07) is 5.63. The first-order valence-electron chi connectivity index (χ1n) is 4.83. The Morgan fingerprint density at radius 2 is 2.00 bits per heavy atom. The van der Waals surface area contributed by atoms with Crippen molar-refractivity contribution in [1.29, 1.82) is 0 Å². The van der Waals surface area contributed by atoms with Crippen LogP contribution in [0.2, 0.25) is 0 Å². The highest BCUT2D eigenvalue weighted by atomic mass is 79.9. The number of carboxylic acids is 1. The quantitative estimate of drug-likeness (QED) is 0.863. The molecule has 0 bridgehead atoms. The average molecular weight is 373 g/mol. The molecule has 0 fully saturated rings. The summed E-state index contributed by atoms with van der Waals surface area (Å²) in [7, 11) is 0. The highest BCUT2D eigenvalue weighted by Crippen LogP contribution is 2.27. The van der Waals surface area contributed by atoms with Crippen LogP contribution in [0.4, 0.5) is 11.5 Å². The molecule has 1 heterocycles. The van der Waals surface area contributed by atoms with Crippen LogP contribution < -0.4 is 5.32 Å². The number of rotatable bonds is 3. The highest BCUT2D eigenvalue weighted by Gasteiger charge is 2.06. The Kier molecular flexibility index (Phi) is 3.93. The van der Waals surface area contributed by atoms with E-state index in [2.05, 4.69) is 47.1 Å². The van der Waals surface area contributed by atoms with Gasteiger partial charge in [-0.15, -0.1) is 0 Å². The van der Waals surface area contributed by atoms with Gasteiger partial charge in [-0.1, -0.05) is 15.9 Å². The smallest absolute Gasteiger partial charge is 0.356 e. The number of anilines is 2. The van der Waals surface area contributed by atoms with E-state index < -0.39 is 5.97 Å². The van der Waals surface area contributed by atoms with Crippen molar-refractivity contribution in [2.24, 2.45) is 0 Å². The monoisotopic (exact) mass is 371 g/mol. The normalized spacial score (nSPS) is 10.1. The fourth-order valence-electron chi connectivity index (χ4n) is 1.23. The number of hydrogen-bond donors (Lipinski definition) is 2. The minimum Gasteiger partial charge on any atom is -0.476 e. The minimum absolute atomic E-state index is 0.0876. The zero-order valence-electron chi connectivity index (χ0n) is 8.89. The Hall–Kier alpha value is -1.47. The van der Waals surface area contributed by atoms with E-state index in [9.17, 15) is 4.79 Å². The fourth-order valence-corrected chi connectivity index (χ4v) is 2.38. The van der Waals surface area contributed by atoms with Crippen molar-refractivity contribution >= 4 is 49.3 Å². The van der Waals surface area contributed by atoms with E-state index in [1.807, 2.05) is 18.2 Å². The molecule has 1 aromatic heterocycles. The van der Waals surface area contributed by atoms with Crippen LogP contribution in [0, 0.1) is 0 Å². The fraction of sp³-hybridized carbons (Fsp3) is 0. The summed E-state index contributed by atoms with van der Waals surface area (Å²) < 4.78 is 1.81. The van der Waals surface area contributed by atoms with Crippen LogP contribution in [0.15, 0.2) is 39.5 Å². The third-order valence-corrected chi connectivity index (χ3v) is 3.21. The number of nitrogens with zero attached hydrogens (tertiary/aromatic N) is 2. The Labute approximate surface area is 120 Å². The molecule has 2 aromatic rings. The van der Waals surface area contributed by atoms with Gasteiger partial charge in [-0.05, 0) is 34.1 Å². The maximum absolute atomic E-state index is 10.6. The maximum Gasteiger partial charge on any atom is 0.356 e. The van der Waals surface area contributed by atoms with Crippen molar-refractivity contribution in [3.63, 3.8) is 0 Å². The number of carbonyl (C=O) groups is 1. The summed E-state index contributed by atoms with van der Waals surface area (Å²) in [5, 5.41) is 11.7. The molecule has 7 heteroatoms. The number of nitrogens with one attached hydrogen (secondary N) is 1. The van der Waals surface area contributed by atoms with Gasteiger partial charge in [0.25, 0.3) is 0 Å². The second-order valence-corrected chi connectivity index (χ2v) is 5.11. The number of halogens is 2. The van der Waals surface area contributed by atoms with Crippen LogP contribution in [0.1, 0.15) is 10.5 Å². The van der Waals surface area contributed by atoms with Gasteiger partial charge in [0.05, 0.1) is 18.1 Å². The van der Waals surface area contributed by atoms with E-state index in [4.69, 9.17) is 5.11 Å². The molecule has 0 aliphatic carbocycles. The lowest BCUT2D eigenvalue weighted by Crippen LogP contribution is -2.02. The largest absolute Gasteiger partial charge is 0.476 e. The third-order valence-electron chi connectivity index (χ3n) is 2.06. The van der Waals surface area contributed by atoms with Crippen LogP contribution in [0.5, 0.6) is 0 Å². The van der Waals surface area contributed by atoms with Gasteiger partial charge in [-0.2, -0.15) is 0 Å². The van der Waals surface area contributed by atoms with Crippen molar-refractivity contribution < 1.29 is 9.90 Å². The van der Waals surface area contributed by atoms with Gasteiger partial charge >= 0.3 is 5.97 Å². The van der Waals surface area contributed by atoms with Crippen LogP contribution in [-0.2, 0) is 0 Å². The third kappa shape index (κ3) is 3.05. The average Bonchev–Trinajstić information content (AvgIpc) is 2.33. The van der Waals surface area contributed by atoms with Crippen molar-refractivity contribution in [2.45, 2.75) is 0 Å². The van der Waals surface area contributed by atoms with E-state index in [-0.39, 0.29) is 5.69 Å². The molecule has 2 rings (SSSR count). The Morgan fingerprint density at radius 3 is 2.56 bits per heavy atom. The molecule has 0 unspecified atom stereocenters. The lowest BCUT2D eigenvalue weighted by Gasteiger charge is -2.07. The molecule has 0 aliphatic rings. The molecule has 18 heavy (non-hydrogen) atoms. The summed E-state index contributed by atoms with van der Waals surface area (Å²) in [5.74, 6) is -0.623. The molecule has 0 atom stereocenters. The molecule has 0 saturated heterocycles. The molecule has 1 aromatic carbocycles. The predicted octanol–water partition coefficient (Wildman–Crippen LogP) is 3.44. The lowest BCUT2D eigenvalue weighted by atomic mass is 10.3. The van der Waals surface area contributed by atoms with Crippen molar-refractivity contribution in [1.82, 2.24) is 9.97 Å². The minimum atomic E-state index is -1.10. The number of carboxylic acid groups (broad SMARTS) is 1. The summed E-state index contributed by atoms with van der Waals surface area (Å²) in [6.07, 6.45) is 2.58. The number of benzene rings is 1. The van der Waals surface area contributed by atoms with Gasteiger partial charge in [0.2, 0.25) is 0 Å². The molecular formula is C11H7Br2N3O2. The van der Waals surface area contributed by atoms with Crippen LogP contribution >= 0.6 is 31.9 Å². The van der Waals surface area contributed by atoms with E-state index in [1.54, 1.807) is 0 Å². The van der Waals surface area contributed by atoms with Gasteiger partial charge in [-0.3, -0.25) is 0 Å². The topological polar surface area (TPSA) is 75.1 Å². The summed E-state index contributed by atoms with van der Waals surface area (Å²) >= 11 is 6.76. The van der Waals surface area contributed by atoms with Crippen LogP contribution in [0.3, 0.4) is 0 Å². The predicted molar refractivity (Wildman–Crippen MR) is 74.1 cm³/mol. The van der Waals surface area contributed by atoms with E-state index in [0.29, 0.717) is 5.82 Å². The van der Waals surface area contributed by atoms with Crippen molar-refractivity contribution in [3.05, 3.63) is 45.2 Å². The Balaban J connectivity index is 2.21. The zero-order valence-corrected chi connectivity index (χ0v) is 12.1. The van der Waals surface area contributed by atoms with E-state index >= 15 is 0 Å².